The maximum absolute atomic E-state index is 9.16. The SMILES string of the molecule is Cc1cccc(CO)c1OCCN(C)C. The monoisotopic (exact) mass is 209 g/mol. The number of aliphatic hydroxyl groups excluding tert-OH is 1. The Kier molecular flexibility index (Phi) is 4.59. The molecule has 1 rings (SSSR count). The van der Waals surface area contributed by atoms with Gasteiger partial charge in [-0.2, -0.15) is 0 Å². The average Bonchev–Trinajstić information content (AvgIpc) is 2.20. The van der Waals surface area contributed by atoms with Gasteiger partial charge >= 0.3 is 0 Å². The van der Waals surface area contributed by atoms with E-state index in [1.165, 1.54) is 0 Å². The van der Waals surface area contributed by atoms with Crippen molar-refractivity contribution in [1.29, 1.82) is 0 Å². The van der Waals surface area contributed by atoms with E-state index in [9.17, 15) is 0 Å². The molecule has 3 nitrogen and oxygen atoms in total. The van der Waals surface area contributed by atoms with Crippen LogP contribution in [0.1, 0.15) is 11.1 Å². The normalized spacial score (nSPS) is 10.7. The third-order valence-electron chi connectivity index (χ3n) is 2.25. The number of ether oxygens (including phenoxy) is 1. The van der Waals surface area contributed by atoms with E-state index in [0.717, 1.165) is 23.4 Å². The molecule has 0 heterocycles. The van der Waals surface area contributed by atoms with Crippen molar-refractivity contribution in [1.82, 2.24) is 4.90 Å². The molecule has 0 fully saturated rings. The van der Waals surface area contributed by atoms with E-state index in [2.05, 4.69) is 4.90 Å². The molecule has 0 spiro atoms. The third kappa shape index (κ3) is 3.53. The number of hydrogen-bond donors (Lipinski definition) is 1. The first kappa shape index (κ1) is 12.0. The molecule has 1 aromatic carbocycles. The van der Waals surface area contributed by atoms with Crippen LogP contribution in [0.2, 0.25) is 0 Å². The Labute approximate surface area is 91.3 Å². The zero-order valence-corrected chi connectivity index (χ0v) is 9.66. The quantitative estimate of drug-likeness (QED) is 0.796. The van der Waals surface area contributed by atoms with Gasteiger partial charge in [-0.25, -0.2) is 0 Å². The first-order valence-corrected chi connectivity index (χ1v) is 5.12. The number of rotatable bonds is 5. The van der Waals surface area contributed by atoms with Gasteiger partial charge in [0, 0.05) is 12.1 Å². The molecule has 15 heavy (non-hydrogen) atoms. The van der Waals surface area contributed by atoms with Crippen LogP contribution in [0.25, 0.3) is 0 Å². The van der Waals surface area contributed by atoms with Crippen LogP contribution in [0.15, 0.2) is 18.2 Å². The van der Waals surface area contributed by atoms with Crippen LogP contribution in [-0.2, 0) is 6.61 Å². The lowest BCUT2D eigenvalue weighted by atomic mass is 10.1. The number of benzene rings is 1. The number of aliphatic hydroxyl groups is 1. The minimum Gasteiger partial charge on any atom is -0.492 e. The fraction of sp³-hybridized carbons (Fsp3) is 0.500. The van der Waals surface area contributed by atoms with Crippen LogP contribution in [0, 0.1) is 6.92 Å². The summed E-state index contributed by atoms with van der Waals surface area (Å²) >= 11 is 0. The highest BCUT2D eigenvalue weighted by molar-refractivity contribution is 5.40. The molecule has 1 N–H and O–H groups in total. The second-order valence-electron chi connectivity index (χ2n) is 3.87. The van der Waals surface area contributed by atoms with Gasteiger partial charge in [-0.15, -0.1) is 0 Å². The first-order valence-electron chi connectivity index (χ1n) is 5.12. The van der Waals surface area contributed by atoms with Crippen molar-refractivity contribution >= 4 is 0 Å². The zero-order chi connectivity index (χ0) is 11.3. The summed E-state index contributed by atoms with van der Waals surface area (Å²) in [5.74, 6) is 0.821. The van der Waals surface area contributed by atoms with Gasteiger partial charge in [0.15, 0.2) is 0 Å². The number of nitrogens with zero attached hydrogens (tertiary/aromatic N) is 1. The standard InChI is InChI=1S/C12H19NO2/c1-10-5-4-6-11(9-14)12(10)15-8-7-13(2)3/h4-6,14H,7-9H2,1-3H3. The van der Waals surface area contributed by atoms with Gasteiger partial charge in [-0.05, 0) is 26.6 Å². The fourth-order valence-electron chi connectivity index (χ4n) is 1.37. The molecule has 0 saturated carbocycles. The van der Waals surface area contributed by atoms with Crippen molar-refractivity contribution in [2.45, 2.75) is 13.5 Å². The number of para-hydroxylation sites is 1. The minimum absolute atomic E-state index is 0.0268. The molecule has 1 aromatic rings. The predicted octanol–water partition coefficient (Wildman–Crippen LogP) is 1.43. The lowest BCUT2D eigenvalue weighted by Gasteiger charge is -2.15. The van der Waals surface area contributed by atoms with Crippen molar-refractivity contribution in [2.75, 3.05) is 27.2 Å². The summed E-state index contributed by atoms with van der Waals surface area (Å²) < 4.78 is 5.67. The van der Waals surface area contributed by atoms with Crippen LogP contribution < -0.4 is 4.74 Å². The van der Waals surface area contributed by atoms with Crippen molar-refractivity contribution in [3.8, 4) is 5.75 Å². The van der Waals surface area contributed by atoms with Gasteiger partial charge in [0.1, 0.15) is 12.4 Å². The highest BCUT2D eigenvalue weighted by atomic mass is 16.5. The lowest BCUT2D eigenvalue weighted by Crippen LogP contribution is -2.20. The second kappa shape index (κ2) is 5.73. The molecule has 0 bridgehead atoms. The number of aryl methyl sites for hydroxylation is 1. The van der Waals surface area contributed by atoms with Crippen molar-refractivity contribution in [2.24, 2.45) is 0 Å². The zero-order valence-electron chi connectivity index (χ0n) is 9.66. The van der Waals surface area contributed by atoms with Crippen LogP contribution in [0.3, 0.4) is 0 Å². The molecule has 84 valence electrons. The summed E-state index contributed by atoms with van der Waals surface area (Å²) in [4.78, 5) is 2.07. The van der Waals surface area contributed by atoms with Crippen molar-refractivity contribution in [3.05, 3.63) is 29.3 Å². The summed E-state index contributed by atoms with van der Waals surface area (Å²) in [6, 6.07) is 5.81. The molecule has 0 radical (unpaired) electrons. The molecule has 0 aromatic heterocycles. The summed E-state index contributed by atoms with van der Waals surface area (Å²) in [6.45, 7) is 3.53. The number of likely N-dealkylation sites (N-methyl/N-ethyl adjacent to an activating group) is 1. The van der Waals surface area contributed by atoms with E-state index in [1.807, 2.05) is 39.2 Å². The second-order valence-corrected chi connectivity index (χ2v) is 3.87. The van der Waals surface area contributed by atoms with Crippen molar-refractivity contribution < 1.29 is 9.84 Å². The lowest BCUT2D eigenvalue weighted by molar-refractivity contribution is 0.242. The van der Waals surface area contributed by atoms with Gasteiger partial charge in [0.25, 0.3) is 0 Å². The van der Waals surface area contributed by atoms with Crippen LogP contribution >= 0.6 is 0 Å². The molecular weight excluding hydrogens is 190 g/mol. The molecular formula is C12H19NO2. The van der Waals surface area contributed by atoms with Crippen molar-refractivity contribution in [3.63, 3.8) is 0 Å². The summed E-state index contributed by atoms with van der Waals surface area (Å²) in [7, 11) is 4.02. The van der Waals surface area contributed by atoms with E-state index >= 15 is 0 Å². The minimum atomic E-state index is 0.0268. The molecule has 0 aliphatic heterocycles. The predicted molar refractivity (Wildman–Crippen MR) is 61.2 cm³/mol. The Morgan fingerprint density at radius 1 is 1.33 bits per heavy atom. The molecule has 0 aliphatic carbocycles. The molecule has 0 unspecified atom stereocenters. The molecule has 0 aliphatic rings. The van der Waals surface area contributed by atoms with E-state index in [1.54, 1.807) is 0 Å². The Balaban J connectivity index is 2.66. The Bertz CT molecular complexity index is 310. The molecule has 0 saturated heterocycles. The Morgan fingerprint density at radius 2 is 2.07 bits per heavy atom. The largest absolute Gasteiger partial charge is 0.492 e. The van der Waals surface area contributed by atoms with E-state index < -0.39 is 0 Å². The Morgan fingerprint density at radius 3 is 2.67 bits per heavy atom. The van der Waals surface area contributed by atoms with Gasteiger partial charge in [0.2, 0.25) is 0 Å². The molecule has 0 amide bonds. The van der Waals surface area contributed by atoms with Gasteiger partial charge < -0.3 is 14.7 Å². The summed E-state index contributed by atoms with van der Waals surface area (Å²) in [5, 5.41) is 9.16. The molecule has 0 atom stereocenters. The van der Waals surface area contributed by atoms with Gasteiger partial charge in [-0.1, -0.05) is 18.2 Å². The highest BCUT2D eigenvalue weighted by Gasteiger charge is 2.05. The fourth-order valence-corrected chi connectivity index (χ4v) is 1.37. The number of hydrogen-bond acceptors (Lipinski definition) is 3. The average molecular weight is 209 g/mol. The van der Waals surface area contributed by atoms with Crippen LogP contribution in [0.5, 0.6) is 5.75 Å². The van der Waals surface area contributed by atoms with E-state index in [4.69, 9.17) is 9.84 Å². The summed E-state index contributed by atoms with van der Waals surface area (Å²) in [6.07, 6.45) is 0. The van der Waals surface area contributed by atoms with Crippen LogP contribution in [0.4, 0.5) is 0 Å². The van der Waals surface area contributed by atoms with E-state index in [0.29, 0.717) is 6.61 Å². The third-order valence-corrected chi connectivity index (χ3v) is 2.25. The highest BCUT2D eigenvalue weighted by Crippen LogP contribution is 2.23. The van der Waals surface area contributed by atoms with Crippen LogP contribution in [-0.4, -0.2) is 37.3 Å². The van der Waals surface area contributed by atoms with Gasteiger partial charge in [-0.3, -0.25) is 0 Å². The molecule has 3 heteroatoms. The van der Waals surface area contributed by atoms with E-state index in [-0.39, 0.29) is 6.61 Å². The maximum atomic E-state index is 9.16. The van der Waals surface area contributed by atoms with Gasteiger partial charge in [0.05, 0.1) is 6.61 Å². The summed E-state index contributed by atoms with van der Waals surface area (Å²) in [5.41, 5.74) is 1.93. The smallest absolute Gasteiger partial charge is 0.127 e. The maximum Gasteiger partial charge on any atom is 0.127 e. The first-order chi connectivity index (χ1) is 7.15. The topological polar surface area (TPSA) is 32.7 Å². The Hall–Kier alpha value is -1.06.